The number of nitrogens with one attached hydrogen (secondary N) is 1. The topological polar surface area (TPSA) is 68.3 Å². The van der Waals surface area contributed by atoms with E-state index in [0.29, 0.717) is 25.4 Å². The van der Waals surface area contributed by atoms with Gasteiger partial charge in [0, 0.05) is 24.1 Å². The standard InChI is InChI=1S/C12H20N2O3S/c1-3-18(15,16)9-5-7-13-10-11-6-4-8-14-12(11)17-2/h4,6,8,13H,3,5,7,9-10H2,1-2H3. The van der Waals surface area contributed by atoms with E-state index in [1.807, 2.05) is 12.1 Å². The Balaban J connectivity index is 2.30. The molecule has 0 saturated carbocycles. The van der Waals surface area contributed by atoms with Crippen LogP contribution in [-0.2, 0) is 16.4 Å². The van der Waals surface area contributed by atoms with Gasteiger partial charge >= 0.3 is 0 Å². The Labute approximate surface area is 108 Å². The number of rotatable bonds is 8. The average molecular weight is 272 g/mol. The molecule has 0 radical (unpaired) electrons. The Bertz CT molecular complexity index is 460. The molecule has 1 aromatic heterocycles. The summed E-state index contributed by atoms with van der Waals surface area (Å²) < 4.78 is 27.7. The summed E-state index contributed by atoms with van der Waals surface area (Å²) in [6.07, 6.45) is 2.30. The Morgan fingerprint density at radius 3 is 2.89 bits per heavy atom. The summed E-state index contributed by atoms with van der Waals surface area (Å²) in [4.78, 5) is 4.09. The monoisotopic (exact) mass is 272 g/mol. The van der Waals surface area contributed by atoms with E-state index in [0.717, 1.165) is 5.56 Å². The van der Waals surface area contributed by atoms with E-state index in [2.05, 4.69) is 10.3 Å². The molecular formula is C12H20N2O3S. The minimum Gasteiger partial charge on any atom is -0.481 e. The van der Waals surface area contributed by atoms with Crippen LogP contribution in [-0.4, -0.2) is 38.6 Å². The zero-order chi connectivity index (χ0) is 13.4. The first-order valence-electron chi connectivity index (χ1n) is 5.98. The van der Waals surface area contributed by atoms with Gasteiger partial charge in [0.05, 0.1) is 12.9 Å². The van der Waals surface area contributed by atoms with Crippen molar-refractivity contribution in [3.05, 3.63) is 23.9 Å². The van der Waals surface area contributed by atoms with Crippen molar-refractivity contribution in [2.75, 3.05) is 25.2 Å². The number of hydrogen-bond acceptors (Lipinski definition) is 5. The number of sulfone groups is 1. The molecule has 1 rings (SSSR count). The van der Waals surface area contributed by atoms with Gasteiger partial charge in [0.25, 0.3) is 0 Å². The quantitative estimate of drug-likeness (QED) is 0.715. The molecule has 0 fully saturated rings. The Hall–Kier alpha value is -1.14. The van der Waals surface area contributed by atoms with Gasteiger partial charge < -0.3 is 10.1 Å². The number of pyridine rings is 1. The van der Waals surface area contributed by atoms with E-state index >= 15 is 0 Å². The molecule has 0 unspecified atom stereocenters. The molecule has 6 heteroatoms. The minimum atomic E-state index is -2.85. The van der Waals surface area contributed by atoms with Crippen molar-refractivity contribution in [1.29, 1.82) is 0 Å². The fraction of sp³-hybridized carbons (Fsp3) is 0.583. The highest BCUT2D eigenvalue weighted by molar-refractivity contribution is 7.91. The van der Waals surface area contributed by atoms with E-state index in [1.54, 1.807) is 20.2 Å². The van der Waals surface area contributed by atoms with Gasteiger partial charge in [0.15, 0.2) is 0 Å². The Morgan fingerprint density at radius 2 is 2.22 bits per heavy atom. The normalized spacial score (nSPS) is 11.4. The third kappa shape index (κ3) is 5.01. The molecule has 18 heavy (non-hydrogen) atoms. The second-order valence-corrected chi connectivity index (χ2v) is 6.41. The first kappa shape index (κ1) is 14.9. The number of hydrogen-bond donors (Lipinski definition) is 1. The minimum absolute atomic E-state index is 0.212. The van der Waals surface area contributed by atoms with Crippen molar-refractivity contribution in [3.63, 3.8) is 0 Å². The maximum absolute atomic E-state index is 11.3. The molecule has 0 atom stereocenters. The molecule has 102 valence electrons. The number of aromatic nitrogens is 1. The lowest BCUT2D eigenvalue weighted by Gasteiger charge is -2.08. The van der Waals surface area contributed by atoms with Crippen molar-refractivity contribution in [2.24, 2.45) is 0 Å². The molecule has 0 aromatic carbocycles. The van der Waals surface area contributed by atoms with Gasteiger partial charge in [0.1, 0.15) is 9.84 Å². The summed E-state index contributed by atoms with van der Waals surface area (Å²) in [6, 6.07) is 3.78. The summed E-state index contributed by atoms with van der Waals surface area (Å²) in [7, 11) is -1.27. The molecule has 0 spiro atoms. The third-order valence-corrected chi connectivity index (χ3v) is 4.40. The molecule has 0 aliphatic rings. The van der Waals surface area contributed by atoms with E-state index in [9.17, 15) is 8.42 Å². The molecule has 1 aromatic rings. The van der Waals surface area contributed by atoms with Crippen LogP contribution in [0.1, 0.15) is 18.9 Å². The van der Waals surface area contributed by atoms with Crippen LogP contribution in [0.15, 0.2) is 18.3 Å². The first-order valence-corrected chi connectivity index (χ1v) is 7.80. The van der Waals surface area contributed by atoms with E-state index in [4.69, 9.17) is 4.74 Å². The van der Waals surface area contributed by atoms with E-state index in [1.165, 1.54) is 0 Å². The van der Waals surface area contributed by atoms with E-state index < -0.39 is 9.84 Å². The van der Waals surface area contributed by atoms with Gasteiger partial charge in [0.2, 0.25) is 5.88 Å². The second-order valence-electron chi connectivity index (χ2n) is 3.94. The Kier molecular flexibility index (Phi) is 6.07. The Morgan fingerprint density at radius 1 is 1.44 bits per heavy atom. The maximum atomic E-state index is 11.3. The number of nitrogens with zero attached hydrogens (tertiary/aromatic N) is 1. The van der Waals surface area contributed by atoms with Gasteiger partial charge in [-0.2, -0.15) is 0 Å². The molecule has 0 bridgehead atoms. The zero-order valence-corrected chi connectivity index (χ0v) is 11.7. The number of ether oxygens (including phenoxy) is 1. The van der Waals surface area contributed by atoms with Crippen LogP contribution >= 0.6 is 0 Å². The first-order chi connectivity index (χ1) is 8.59. The highest BCUT2D eigenvalue weighted by atomic mass is 32.2. The number of methoxy groups -OCH3 is 1. The lowest BCUT2D eigenvalue weighted by Crippen LogP contribution is -2.19. The van der Waals surface area contributed by atoms with Crippen LogP contribution in [0.25, 0.3) is 0 Å². The van der Waals surface area contributed by atoms with Crippen molar-refractivity contribution < 1.29 is 13.2 Å². The fourth-order valence-corrected chi connectivity index (χ4v) is 2.40. The lowest BCUT2D eigenvalue weighted by molar-refractivity contribution is 0.390. The van der Waals surface area contributed by atoms with Crippen LogP contribution in [0, 0.1) is 0 Å². The molecule has 0 amide bonds. The summed E-state index contributed by atoms with van der Waals surface area (Å²) >= 11 is 0. The van der Waals surface area contributed by atoms with Crippen molar-refractivity contribution >= 4 is 9.84 Å². The van der Waals surface area contributed by atoms with Gasteiger partial charge in [-0.25, -0.2) is 13.4 Å². The van der Waals surface area contributed by atoms with Crippen molar-refractivity contribution in [1.82, 2.24) is 10.3 Å². The van der Waals surface area contributed by atoms with Gasteiger partial charge in [-0.05, 0) is 19.0 Å². The fourth-order valence-electron chi connectivity index (χ4n) is 1.53. The van der Waals surface area contributed by atoms with Gasteiger partial charge in [-0.15, -0.1) is 0 Å². The molecule has 0 saturated heterocycles. The molecular weight excluding hydrogens is 252 g/mol. The molecule has 1 heterocycles. The van der Waals surface area contributed by atoms with Crippen LogP contribution in [0.5, 0.6) is 5.88 Å². The highest BCUT2D eigenvalue weighted by Gasteiger charge is 2.06. The van der Waals surface area contributed by atoms with E-state index in [-0.39, 0.29) is 11.5 Å². The zero-order valence-electron chi connectivity index (χ0n) is 10.8. The summed E-state index contributed by atoms with van der Waals surface area (Å²) in [5.74, 6) is 1.05. The van der Waals surface area contributed by atoms with Crippen LogP contribution in [0.4, 0.5) is 0 Å². The lowest BCUT2D eigenvalue weighted by atomic mass is 10.2. The van der Waals surface area contributed by atoms with Crippen LogP contribution < -0.4 is 10.1 Å². The van der Waals surface area contributed by atoms with Gasteiger partial charge in [-0.1, -0.05) is 13.0 Å². The predicted octanol–water partition coefficient (Wildman–Crippen LogP) is 1.00. The van der Waals surface area contributed by atoms with Crippen molar-refractivity contribution in [3.8, 4) is 5.88 Å². The molecule has 0 aliphatic heterocycles. The maximum Gasteiger partial charge on any atom is 0.217 e. The smallest absolute Gasteiger partial charge is 0.217 e. The predicted molar refractivity (Wildman–Crippen MR) is 71.4 cm³/mol. The van der Waals surface area contributed by atoms with Gasteiger partial charge in [-0.3, -0.25) is 0 Å². The third-order valence-electron chi connectivity index (χ3n) is 2.61. The molecule has 1 N–H and O–H groups in total. The van der Waals surface area contributed by atoms with Crippen LogP contribution in [0.2, 0.25) is 0 Å². The largest absolute Gasteiger partial charge is 0.481 e. The average Bonchev–Trinajstić information content (AvgIpc) is 2.38. The SMILES string of the molecule is CCS(=O)(=O)CCCNCc1cccnc1OC. The van der Waals surface area contributed by atoms with Crippen molar-refractivity contribution in [2.45, 2.75) is 19.9 Å². The summed E-state index contributed by atoms with van der Waals surface area (Å²) in [5, 5.41) is 3.19. The second kappa shape index (κ2) is 7.33. The highest BCUT2D eigenvalue weighted by Crippen LogP contribution is 2.12. The summed E-state index contributed by atoms with van der Waals surface area (Å²) in [5.41, 5.74) is 0.971. The summed E-state index contributed by atoms with van der Waals surface area (Å²) in [6.45, 7) is 2.96. The molecule has 0 aliphatic carbocycles. The molecule has 5 nitrogen and oxygen atoms in total. The van der Waals surface area contributed by atoms with Crippen LogP contribution in [0.3, 0.4) is 0 Å².